The molecule has 0 aliphatic heterocycles. The molecular weight excluding hydrogens is 548 g/mol. The smallest absolute Gasteiger partial charge is 0.0651 e. The molecule has 0 unspecified atom stereocenters. The molecule has 9 rings (SSSR count). The van der Waals surface area contributed by atoms with Crippen LogP contribution in [0, 0.1) is 6.92 Å². The van der Waals surface area contributed by atoms with Crippen LogP contribution in [-0.2, 0) is 0 Å². The van der Waals surface area contributed by atoms with Crippen LogP contribution in [-0.4, -0.2) is 19.1 Å². The second-order valence-electron chi connectivity index (χ2n) is 11.7. The Labute approximate surface area is 260 Å². The zero-order chi connectivity index (χ0) is 29.9. The first-order valence-corrected chi connectivity index (χ1v) is 15.2. The lowest BCUT2D eigenvalue weighted by Gasteiger charge is -2.13. The van der Waals surface area contributed by atoms with E-state index in [-0.39, 0.29) is 0 Å². The molecule has 4 aromatic heterocycles. The average Bonchev–Trinajstić information content (AvgIpc) is 3.61. The highest BCUT2D eigenvalue weighted by Gasteiger charge is 2.15. The van der Waals surface area contributed by atoms with Gasteiger partial charge in [-0.3, -0.25) is 9.97 Å². The molecule has 0 atom stereocenters. The van der Waals surface area contributed by atoms with Crippen LogP contribution in [0.2, 0.25) is 0 Å². The lowest BCUT2D eigenvalue weighted by molar-refractivity contribution is 1.14. The zero-order valence-electron chi connectivity index (χ0n) is 24.7. The molecule has 0 radical (unpaired) electrons. The van der Waals surface area contributed by atoms with Crippen LogP contribution >= 0.6 is 0 Å². The highest BCUT2D eigenvalue weighted by Crippen LogP contribution is 2.36. The average molecular weight is 577 g/mol. The molecule has 0 N–H and O–H groups in total. The van der Waals surface area contributed by atoms with Crippen molar-refractivity contribution in [3.05, 3.63) is 158 Å². The van der Waals surface area contributed by atoms with E-state index in [1.807, 2.05) is 24.8 Å². The fourth-order valence-electron chi connectivity index (χ4n) is 6.93. The molecule has 0 aliphatic rings. The zero-order valence-corrected chi connectivity index (χ0v) is 24.7. The summed E-state index contributed by atoms with van der Waals surface area (Å²) in [5.74, 6) is 0. The lowest BCUT2D eigenvalue weighted by Crippen LogP contribution is -1.96. The molecule has 0 amide bonds. The summed E-state index contributed by atoms with van der Waals surface area (Å²) in [7, 11) is 0. The van der Waals surface area contributed by atoms with E-state index in [4.69, 9.17) is 9.97 Å². The molecule has 0 bridgehead atoms. The molecule has 9 aromatic rings. The predicted molar refractivity (Wildman–Crippen MR) is 186 cm³/mol. The number of aromatic nitrogens is 4. The maximum absolute atomic E-state index is 4.73. The maximum atomic E-state index is 4.73. The van der Waals surface area contributed by atoms with Gasteiger partial charge in [0, 0.05) is 45.1 Å². The van der Waals surface area contributed by atoms with Crippen LogP contribution in [0.4, 0.5) is 0 Å². The van der Waals surface area contributed by atoms with Gasteiger partial charge in [-0.05, 0) is 66.1 Å². The number of rotatable bonds is 4. The molecule has 0 saturated carbocycles. The molecule has 0 spiro atoms. The van der Waals surface area contributed by atoms with Crippen molar-refractivity contribution in [3.63, 3.8) is 0 Å². The van der Waals surface area contributed by atoms with Gasteiger partial charge in [-0.1, -0.05) is 84.9 Å². The largest absolute Gasteiger partial charge is 0.308 e. The Balaban J connectivity index is 1.17. The number of aryl methyl sites for hydroxylation is 1. The first kappa shape index (κ1) is 25.5. The topological polar surface area (TPSA) is 35.6 Å². The quantitative estimate of drug-likeness (QED) is 0.209. The Morgan fingerprint density at radius 3 is 1.11 bits per heavy atom. The van der Waals surface area contributed by atoms with Crippen molar-refractivity contribution >= 4 is 43.6 Å². The number of pyridine rings is 2. The van der Waals surface area contributed by atoms with E-state index >= 15 is 0 Å². The molecule has 0 fully saturated rings. The van der Waals surface area contributed by atoms with Crippen molar-refractivity contribution in [2.24, 2.45) is 0 Å². The first-order chi connectivity index (χ1) is 22.2. The van der Waals surface area contributed by atoms with Gasteiger partial charge in [0.2, 0.25) is 0 Å². The summed E-state index contributed by atoms with van der Waals surface area (Å²) in [6, 6.07) is 45.6. The first-order valence-electron chi connectivity index (χ1n) is 15.2. The third-order valence-electron chi connectivity index (χ3n) is 8.87. The summed E-state index contributed by atoms with van der Waals surface area (Å²) >= 11 is 0. The number of hydrogen-bond donors (Lipinski definition) is 0. The molecule has 5 aromatic carbocycles. The van der Waals surface area contributed by atoms with E-state index in [0.717, 1.165) is 33.6 Å². The molecule has 4 heterocycles. The number of hydrogen-bond acceptors (Lipinski definition) is 2. The van der Waals surface area contributed by atoms with E-state index < -0.39 is 0 Å². The Bertz CT molecular complexity index is 2290. The van der Waals surface area contributed by atoms with E-state index in [1.54, 1.807) is 0 Å². The van der Waals surface area contributed by atoms with Gasteiger partial charge >= 0.3 is 0 Å². The summed E-state index contributed by atoms with van der Waals surface area (Å²) in [4.78, 5) is 9.46. The van der Waals surface area contributed by atoms with Crippen molar-refractivity contribution in [3.8, 4) is 33.6 Å². The number of fused-ring (bicyclic) bond motifs is 6. The summed E-state index contributed by atoms with van der Waals surface area (Å²) in [6.07, 6.45) is 7.84. The van der Waals surface area contributed by atoms with Gasteiger partial charge in [0.15, 0.2) is 0 Å². The molecule has 4 nitrogen and oxygen atoms in total. The Morgan fingerprint density at radius 2 is 0.733 bits per heavy atom. The second kappa shape index (κ2) is 10.0. The summed E-state index contributed by atoms with van der Waals surface area (Å²) < 4.78 is 4.63. The van der Waals surface area contributed by atoms with Crippen molar-refractivity contribution in [1.29, 1.82) is 0 Å². The predicted octanol–water partition coefficient (Wildman–Crippen LogP) is 10.3. The second-order valence-corrected chi connectivity index (χ2v) is 11.7. The minimum absolute atomic E-state index is 1.04. The Hall–Kier alpha value is -6.00. The highest BCUT2D eigenvalue weighted by molar-refractivity contribution is 6.10. The lowest BCUT2D eigenvalue weighted by atomic mass is 9.97. The van der Waals surface area contributed by atoms with Gasteiger partial charge in [0.1, 0.15) is 0 Å². The van der Waals surface area contributed by atoms with Crippen LogP contribution in [0.15, 0.2) is 152 Å². The van der Waals surface area contributed by atoms with E-state index in [1.165, 1.54) is 49.2 Å². The summed E-state index contributed by atoms with van der Waals surface area (Å²) in [5, 5.41) is 4.97. The van der Waals surface area contributed by atoms with E-state index in [9.17, 15) is 0 Å². The van der Waals surface area contributed by atoms with Crippen molar-refractivity contribution < 1.29 is 0 Å². The van der Waals surface area contributed by atoms with Gasteiger partial charge in [-0.2, -0.15) is 0 Å². The normalized spacial score (nSPS) is 11.7. The van der Waals surface area contributed by atoms with Crippen LogP contribution in [0.1, 0.15) is 5.56 Å². The molecule has 0 aliphatic carbocycles. The standard InChI is InChI=1S/C41H28N4/c1-27-18-28(30-21-32(25-42-23-30)44-38-14-6-2-10-34(38)35-11-3-7-15-39(35)44)20-29(19-27)31-22-33(26-43-24-31)45-40-16-8-4-12-36(40)37-13-5-9-17-41(37)45/h2-26H,1H3. The van der Waals surface area contributed by atoms with Gasteiger partial charge in [0.25, 0.3) is 0 Å². The fraction of sp³-hybridized carbons (Fsp3) is 0.0244. The number of nitrogens with zero attached hydrogens (tertiary/aromatic N) is 4. The third-order valence-corrected chi connectivity index (χ3v) is 8.87. The van der Waals surface area contributed by atoms with Crippen LogP contribution < -0.4 is 0 Å². The molecular formula is C41H28N4. The summed E-state index contributed by atoms with van der Waals surface area (Å²) in [6.45, 7) is 2.15. The molecule has 0 saturated heterocycles. The van der Waals surface area contributed by atoms with Crippen molar-refractivity contribution in [2.45, 2.75) is 6.92 Å². The van der Waals surface area contributed by atoms with Gasteiger partial charge < -0.3 is 9.13 Å². The Kier molecular flexibility index (Phi) is 5.69. The summed E-state index contributed by atoms with van der Waals surface area (Å²) in [5.41, 5.74) is 12.4. The third kappa shape index (κ3) is 4.07. The highest BCUT2D eigenvalue weighted by atomic mass is 15.0. The van der Waals surface area contributed by atoms with E-state index in [2.05, 4.69) is 143 Å². The Morgan fingerprint density at radius 1 is 0.378 bits per heavy atom. The van der Waals surface area contributed by atoms with Crippen molar-refractivity contribution in [2.75, 3.05) is 0 Å². The SMILES string of the molecule is Cc1cc(-c2cncc(-n3c4ccccc4c4ccccc43)c2)cc(-c2cncc(-n3c4ccccc4c4ccccc43)c2)c1. The molecule has 4 heteroatoms. The molecule has 212 valence electrons. The van der Waals surface area contributed by atoms with Gasteiger partial charge in [0.05, 0.1) is 45.8 Å². The fourth-order valence-corrected chi connectivity index (χ4v) is 6.93. The van der Waals surface area contributed by atoms with Crippen LogP contribution in [0.5, 0.6) is 0 Å². The maximum Gasteiger partial charge on any atom is 0.0651 e. The van der Waals surface area contributed by atoms with Gasteiger partial charge in [-0.15, -0.1) is 0 Å². The van der Waals surface area contributed by atoms with Crippen molar-refractivity contribution in [1.82, 2.24) is 19.1 Å². The number of benzene rings is 5. The minimum Gasteiger partial charge on any atom is -0.308 e. The van der Waals surface area contributed by atoms with E-state index in [0.29, 0.717) is 0 Å². The van der Waals surface area contributed by atoms with Crippen LogP contribution in [0.25, 0.3) is 77.2 Å². The number of para-hydroxylation sites is 4. The monoisotopic (exact) mass is 576 g/mol. The van der Waals surface area contributed by atoms with Gasteiger partial charge in [-0.25, -0.2) is 0 Å². The van der Waals surface area contributed by atoms with Crippen LogP contribution in [0.3, 0.4) is 0 Å². The molecule has 45 heavy (non-hydrogen) atoms. The minimum atomic E-state index is 1.04.